The van der Waals surface area contributed by atoms with Gasteiger partial charge in [-0.05, 0) is 24.3 Å². The molecule has 0 bridgehead atoms. The molecule has 2 aromatic rings. The van der Waals surface area contributed by atoms with Gasteiger partial charge in [0, 0.05) is 24.8 Å². The molecule has 1 radical (unpaired) electrons. The minimum atomic E-state index is -0.537. The summed E-state index contributed by atoms with van der Waals surface area (Å²) < 4.78 is 9.72. The largest absolute Gasteiger partial charge is 0.458 e. The van der Waals surface area contributed by atoms with Crippen molar-refractivity contribution in [3.63, 3.8) is 0 Å². The third kappa shape index (κ3) is 3.88. The van der Waals surface area contributed by atoms with Crippen LogP contribution in [0.25, 0.3) is 0 Å². The maximum absolute atomic E-state index is 11.5. The molecule has 0 aliphatic rings. The second-order valence-electron chi connectivity index (χ2n) is 3.65. The van der Waals surface area contributed by atoms with Gasteiger partial charge in [-0.1, -0.05) is 0 Å². The Balaban J connectivity index is 1.72. The van der Waals surface area contributed by atoms with Crippen LogP contribution in [0.15, 0.2) is 49.1 Å². The molecule has 0 aromatic carbocycles. The first-order chi connectivity index (χ1) is 9.77. The zero-order valence-corrected chi connectivity index (χ0v) is 10.4. The molecule has 0 fully saturated rings. The van der Waals surface area contributed by atoms with Crippen molar-refractivity contribution in [1.29, 1.82) is 0 Å². The van der Waals surface area contributed by atoms with Gasteiger partial charge in [-0.2, -0.15) is 0 Å². The fourth-order valence-corrected chi connectivity index (χ4v) is 1.34. The van der Waals surface area contributed by atoms with Gasteiger partial charge < -0.3 is 9.47 Å². The van der Waals surface area contributed by atoms with Crippen molar-refractivity contribution in [3.8, 4) is 0 Å². The Morgan fingerprint density at radius 1 is 1.00 bits per heavy atom. The summed E-state index contributed by atoms with van der Waals surface area (Å²) in [6.45, 7) is 0.988. The Kier molecular flexibility index (Phi) is 4.77. The van der Waals surface area contributed by atoms with E-state index >= 15 is 0 Å². The minimum Gasteiger partial charge on any atom is -0.458 e. The Hall–Kier alpha value is -2.76. The maximum atomic E-state index is 11.5. The van der Waals surface area contributed by atoms with Crippen LogP contribution in [0.2, 0.25) is 0 Å². The van der Waals surface area contributed by atoms with Crippen LogP contribution in [-0.2, 0) is 9.47 Å². The first-order valence-electron chi connectivity index (χ1n) is 5.77. The average Bonchev–Trinajstić information content (AvgIpc) is 2.53. The molecule has 0 saturated heterocycles. The van der Waals surface area contributed by atoms with Gasteiger partial charge in [0.1, 0.15) is 6.61 Å². The first kappa shape index (κ1) is 13.7. The second-order valence-corrected chi connectivity index (χ2v) is 3.65. The highest BCUT2D eigenvalue weighted by atomic mass is 16.6. The van der Waals surface area contributed by atoms with Gasteiger partial charge in [-0.15, -0.1) is 0 Å². The molecule has 2 rings (SSSR count). The lowest BCUT2D eigenvalue weighted by molar-refractivity contribution is 0.0390. The number of pyridine rings is 2. The summed E-state index contributed by atoms with van der Waals surface area (Å²) in [5.41, 5.74) is 0.705. The van der Waals surface area contributed by atoms with Crippen molar-refractivity contribution in [2.24, 2.45) is 0 Å². The van der Waals surface area contributed by atoms with Crippen LogP contribution in [-0.4, -0.2) is 28.5 Å². The SMILES string of the molecule is O=C(O[CH]COC(=O)c1cccnc1)c1ccncc1. The van der Waals surface area contributed by atoms with E-state index in [-0.39, 0.29) is 6.61 Å². The number of carbonyl (C=O) groups is 2. The molecule has 0 unspecified atom stereocenters. The fraction of sp³-hybridized carbons (Fsp3) is 0.0714. The summed E-state index contributed by atoms with van der Waals surface area (Å²) in [4.78, 5) is 30.6. The van der Waals surface area contributed by atoms with E-state index in [0.29, 0.717) is 11.1 Å². The van der Waals surface area contributed by atoms with Crippen LogP contribution in [0.4, 0.5) is 0 Å². The predicted octanol–water partition coefficient (Wildman–Crippen LogP) is 1.65. The topological polar surface area (TPSA) is 78.4 Å². The molecular formula is C14H11N2O4. The van der Waals surface area contributed by atoms with E-state index in [4.69, 9.17) is 9.47 Å². The number of rotatable bonds is 5. The number of nitrogens with zero attached hydrogens (tertiary/aromatic N) is 2. The van der Waals surface area contributed by atoms with Gasteiger partial charge in [0.2, 0.25) is 0 Å². The highest BCUT2D eigenvalue weighted by Gasteiger charge is 2.09. The van der Waals surface area contributed by atoms with Gasteiger partial charge >= 0.3 is 11.9 Å². The number of esters is 2. The number of hydrogen-bond acceptors (Lipinski definition) is 6. The van der Waals surface area contributed by atoms with E-state index in [1.54, 1.807) is 18.3 Å². The molecule has 0 atom stereocenters. The maximum Gasteiger partial charge on any atom is 0.339 e. The first-order valence-corrected chi connectivity index (χ1v) is 5.77. The Bertz CT molecular complexity index is 519. The second kappa shape index (κ2) is 6.98. The molecule has 0 amide bonds. The average molecular weight is 271 g/mol. The number of ether oxygens (including phenoxy) is 2. The van der Waals surface area contributed by atoms with E-state index < -0.39 is 11.9 Å². The van der Waals surface area contributed by atoms with Crippen molar-refractivity contribution in [2.75, 3.05) is 6.61 Å². The zero-order valence-electron chi connectivity index (χ0n) is 10.4. The fourth-order valence-electron chi connectivity index (χ4n) is 1.34. The summed E-state index contributed by atoms with van der Waals surface area (Å²) in [6, 6.07) is 6.26. The molecule has 0 aliphatic heterocycles. The van der Waals surface area contributed by atoms with Crippen LogP contribution in [0.5, 0.6) is 0 Å². The predicted molar refractivity (Wildman–Crippen MR) is 68.5 cm³/mol. The third-order valence-corrected chi connectivity index (χ3v) is 2.29. The van der Waals surface area contributed by atoms with E-state index in [1.807, 2.05) is 0 Å². The Labute approximate surface area is 115 Å². The molecule has 6 heteroatoms. The Morgan fingerprint density at radius 3 is 2.50 bits per heavy atom. The number of carbonyl (C=O) groups excluding carboxylic acids is 2. The van der Waals surface area contributed by atoms with Crippen LogP contribution in [0.3, 0.4) is 0 Å². The molecule has 2 aromatic heterocycles. The molecule has 0 spiro atoms. The Morgan fingerprint density at radius 2 is 1.80 bits per heavy atom. The quantitative estimate of drug-likeness (QED) is 0.607. The standard InChI is InChI=1S/C14H11N2O4/c17-13(11-3-6-15-7-4-11)19-8-9-20-14(18)12-2-1-5-16-10-12/h1-8,10H,9H2. The molecule has 0 N–H and O–H groups in total. The van der Waals surface area contributed by atoms with E-state index in [2.05, 4.69) is 9.97 Å². The molecule has 2 heterocycles. The van der Waals surface area contributed by atoms with E-state index in [9.17, 15) is 9.59 Å². The highest BCUT2D eigenvalue weighted by Crippen LogP contribution is 2.02. The van der Waals surface area contributed by atoms with Gasteiger partial charge in [-0.25, -0.2) is 9.59 Å². The number of hydrogen-bond donors (Lipinski definition) is 0. The van der Waals surface area contributed by atoms with Crippen molar-refractivity contribution in [3.05, 3.63) is 66.8 Å². The van der Waals surface area contributed by atoms with Crippen molar-refractivity contribution >= 4 is 11.9 Å². The van der Waals surface area contributed by atoms with E-state index in [0.717, 1.165) is 6.61 Å². The lowest BCUT2D eigenvalue weighted by Gasteiger charge is -2.05. The number of aromatic nitrogens is 2. The van der Waals surface area contributed by atoms with Crippen molar-refractivity contribution in [2.45, 2.75) is 0 Å². The zero-order chi connectivity index (χ0) is 14.2. The summed E-state index contributed by atoms with van der Waals surface area (Å²) >= 11 is 0. The normalized spacial score (nSPS) is 9.80. The van der Waals surface area contributed by atoms with Crippen LogP contribution in [0, 0.1) is 6.61 Å². The molecule has 101 valence electrons. The van der Waals surface area contributed by atoms with Crippen LogP contribution < -0.4 is 0 Å². The monoisotopic (exact) mass is 271 g/mol. The minimum absolute atomic E-state index is 0.134. The lowest BCUT2D eigenvalue weighted by atomic mass is 10.3. The summed E-state index contributed by atoms with van der Waals surface area (Å²) in [5, 5.41) is 0. The summed E-state index contributed by atoms with van der Waals surface area (Å²) in [7, 11) is 0. The van der Waals surface area contributed by atoms with Gasteiger partial charge in [0.25, 0.3) is 0 Å². The molecule has 6 nitrogen and oxygen atoms in total. The highest BCUT2D eigenvalue weighted by molar-refractivity contribution is 5.90. The summed E-state index contributed by atoms with van der Waals surface area (Å²) in [6.07, 6.45) is 5.92. The van der Waals surface area contributed by atoms with Crippen molar-refractivity contribution in [1.82, 2.24) is 9.97 Å². The van der Waals surface area contributed by atoms with Crippen LogP contribution in [0.1, 0.15) is 20.7 Å². The van der Waals surface area contributed by atoms with Gasteiger partial charge in [0.15, 0.2) is 6.61 Å². The molecule has 20 heavy (non-hydrogen) atoms. The lowest BCUT2D eigenvalue weighted by Crippen LogP contribution is -2.10. The van der Waals surface area contributed by atoms with E-state index in [1.165, 1.54) is 30.7 Å². The molecular weight excluding hydrogens is 260 g/mol. The molecule has 0 saturated carbocycles. The summed E-state index contributed by atoms with van der Waals surface area (Å²) in [5.74, 6) is -1.07. The van der Waals surface area contributed by atoms with Gasteiger partial charge in [0.05, 0.1) is 11.1 Å². The molecule has 0 aliphatic carbocycles. The smallest absolute Gasteiger partial charge is 0.339 e. The van der Waals surface area contributed by atoms with Gasteiger partial charge in [-0.3, -0.25) is 9.97 Å². The van der Waals surface area contributed by atoms with Crippen LogP contribution >= 0.6 is 0 Å². The van der Waals surface area contributed by atoms with Crippen molar-refractivity contribution < 1.29 is 19.1 Å². The third-order valence-electron chi connectivity index (χ3n) is 2.29.